The van der Waals surface area contributed by atoms with Crippen molar-refractivity contribution in [1.29, 1.82) is 0 Å². The van der Waals surface area contributed by atoms with Crippen LogP contribution in [-0.2, 0) is 11.3 Å². The lowest BCUT2D eigenvalue weighted by molar-refractivity contribution is -0.127. The Morgan fingerprint density at radius 3 is 2.50 bits per heavy atom. The molecule has 2 heterocycles. The topological polar surface area (TPSA) is 80.1 Å². The molecule has 0 N–H and O–H groups in total. The summed E-state index contributed by atoms with van der Waals surface area (Å²) < 4.78 is 10.4. The van der Waals surface area contributed by atoms with Crippen LogP contribution in [0.2, 0.25) is 0 Å². The summed E-state index contributed by atoms with van der Waals surface area (Å²) in [5, 5.41) is 0.645. The number of fused-ring (bicyclic) bond motifs is 1. The third-order valence-electron chi connectivity index (χ3n) is 4.85. The van der Waals surface area contributed by atoms with Gasteiger partial charge in [0, 0.05) is 23.2 Å². The van der Waals surface area contributed by atoms with Crippen molar-refractivity contribution in [3.63, 3.8) is 0 Å². The molecule has 0 saturated carbocycles. The fourth-order valence-corrected chi connectivity index (χ4v) is 3.43. The first-order valence-electron chi connectivity index (χ1n) is 8.80. The van der Waals surface area contributed by atoms with Crippen LogP contribution in [0.4, 0.5) is 10.5 Å². The molecule has 1 fully saturated rings. The summed E-state index contributed by atoms with van der Waals surface area (Å²) in [7, 11) is 1.52. The van der Waals surface area contributed by atoms with Crippen molar-refractivity contribution in [3.8, 4) is 5.75 Å². The molecule has 0 aliphatic carbocycles. The Kier molecular flexibility index (Phi) is 4.35. The van der Waals surface area contributed by atoms with E-state index in [0.29, 0.717) is 28.0 Å². The Labute approximate surface area is 160 Å². The Balaban J connectivity index is 1.72. The van der Waals surface area contributed by atoms with Gasteiger partial charge in [-0.25, -0.2) is 9.59 Å². The standard InChI is InChI=1S/C21H18N2O5/c1-13-20(25)22(21(26)23(13)15-6-4-3-5-7-15)12-14-10-19(24)28-18-11-16(27-2)8-9-17(14)18/h3-11,13H,12H2,1-2H3/t13-/m1/s1. The number of carbonyl (C=O) groups excluding carboxylic acids is 2. The van der Waals surface area contributed by atoms with Gasteiger partial charge in [-0.15, -0.1) is 0 Å². The smallest absolute Gasteiger partial charge is 0.336 e. The van der Waals surface area contributed by atoms with E-state index in [1.165, 1.54) is 18.1 Å². The molecule has 2 aromatic carbocycles. The monoisotopic (exact) mass is 378 g/mol. The van der Waals surface area contributed by atoms with E-state index in [0.717, 1.165) is 4.90 Å². The lowest BCUT2D eigenvalue weighted by Crippen LogP contribution is -2.33. The minimum absolute atomic E-state index is 0.0141. The summed E-state index contributed by atoms with van der Waals surface area (Å²) in [6, 6.07) is 14.4. The highest BCUT2D eigenvalue weighted by Crippen LogP contribution is 2.29. The van der Waals surface area contributed by atoms with Crippen LogP contribution in [-0.4, -0.2) is 30.0 Å². The number of nitrogens with zero attached hydrogens (tertiary/aromatic N) is 2. The van der Waals surface area contributed by atoms with Gasteiger partial charge in [-0.3, -0.25) is 14.6 Å². The predicted molar refractivity (Wildman–Crippen MR) is 103 cm³/mol. The van der Waals surface area contributed by atoms with Gasteiger partial charge in [0.25, 0.3) is 5.91 Å². The summed E-state index contributed by atoms with van der Waals surface area (Å²) in [6.07, 6.45) is 0. The van der Waals surface area contributed by atoms with E-state index in [2.05, 4.69) is 0 Å². The molecule has 1 saturated heterocycles. The Morgan fingerprint density at radius 1 is 1.04 bits per heavy atom. The Hall–Kier alpha value is -3.61. The molecular formula is C21H18N2O5. The van der Waals surface area contributed by atoms with E-state index >= 15 is 0 Å². The van der Waals surface area contributed by atoms with Crippen molar-refractivity contribution in [1.82, 2.24) is 4.90 Å². The number of para-hydroxylation sites is 1. The van der Waals surface area contributed by atoms with E-state index in [9.17, 15) is 14.4 Å². The molecule has 0 radical (unpaired) electrons. The predicted octanol–water partition coefficient (Wildman–Crippen LogP) is 3.16. The van der Waals surface area contributed by atoms with Crippen molar-refractivity contribution in [2.24, 2.45) is 0 Å². The van der Waals surface area contributed by atoms with Crippen LogP contribution in [0.25, 0.3) is 11.0 Å². The van der Waals surface area contributed by atoms with Gasteiger partial charge in [0.15, 0.2) is 0 Å². The zero-order valence-electron chi connectivity index (χ0n) is 15.4. The maximum absolute atomic E-state index is 13.0. The number of hydrogen-bond donors (Lipinski definition) is 0. The third-order valence-corrected chi connectivity index (χ3v) is 4.85. The van der Waals surface area contributed by atoms with Crippen LogP contribution in [0, 0.1) is 0 Å². The minimum Gasteiger partial charge on any atom is -0.497 e. The van der Waals surface area contributed by atoms with Crippen LogP contribution >= 0.6 is 0 Å². The van der Waals surface area contributed by atoms with Gasteiger partial charge in [0.2, 0.25) is 0 Å². The van der Waals surface area contributed by atoms with Crippen molar-refractivity contribution < 1.29 is 18.7 Å². The van der Waals surface area contributed by atoms with E-state index in [1.807, 2.05) is 18.2 Å². The zero-order valence-corrected chi connectivity index (χ0v) is 15.4. The molecule has 28 heavy (non-hydrogen) atoms. The fraction of sp³-hybridized carbons (Fsp3) is 0.190. The first-order valence-corrected chi connectivity index (χ1v) is 8.80. The summed E-state index contributed by atoms with van der Waals surface area (Å²) in [6.45, 7) is 1.68. The van der Waals surface area contributed by atoms with E-state index in [-0.39, 0.29) is 12.5 Å². The molecule has 1 aromatic heterocycles. The van der Waals surface area contributed by atoms with Gasteiger partial charge in [0.1, 0.15) is 17.4 Å². The largest absolute Gasteiger partial charge is 0.497 e. The fourth-order valence-electron chi connectivity index (χ4n) is 3.43. The average molecular weight is 378 g/mol. The molecule has 0 unspecified atom stereocenters. The van der Waals surface area contributed by atoms with Crippen LogP contribution in [0.5, 0.6) is 5.75 Å². The second-order valence-electron chi connectivity index (χ2n) is 6.54. The average Bonchev–Trinajstić information content (AvgIpc) is 2.91. The molecular weight excluding hydrogens is 360 g/mol. The van der Waals surface area contributed by atoms with Crippen molar-refractivity contribution in [3.05, 3.63) is 70.6 Å². The number of rotatable bonds is 4. The molecule has 1 aliphatic rings. The van der Waals surface area contributed by atoms with Gasteiger partial charge < -0.3 is 9.15 Å². The van der Waals surface area contributed by atoms with Crippen molar-refractivity contribution >= 4 is 28.6 Å². The van der Waals surface area contributed by atoms with Gasteiger partial charge in [-0.2, -0.15) is 0 Å². The molecule has 4 rings (SSSR count). The molecule has 7 nitrogen and oxygen atoms in total. The summed E-state index contributed by atoms with van der Waals surface area (Å²) in [5.74, 6) is 0.230. The molecule has 1 atom stereocenters. The highest BCUT2D eigenvalue weighted by molar-refractivity contribution is 6.14. The van der Waals surface area contributed by atoms with E-state index < -0.39 is 17.7 Å². The van der Waals surface area contributed by atoms with Crippen LogP contribution in [0.15, 0.2) is 63.8 Å². The molecule has 3 aromatic rings. The maximum atomic E-state index is 13.0. The third kappa shape index (κ3) is 2.90. The van der Waals surface area contributed by atoms with E-state index in [1.54, 1.807) is 37.3 Å². The van der Waals surface area contributed by atoms with Gasteiger partial charge in [-0.1, -0.05) is 18.2 Å². The minimum atomic E-state index is -0.624. The number of methoxy groups -OCH3 is 1. The molecule has 1 aliphatic heterocycles. The first kappa shape index (κ1) is 17.8. The molecule has 0 bridgehead atoms. The normalized spacial score (nSPS) is 16.9. The van der Waals surface area contributed by atoms with E-state index in [4.69, 9.17) is 9.15 Å². The SMILES string of the molecule is COc1ccc2c(CN3C(=O)[C@@H](C)N(c4ccccc4)C3=O)cc(=O)oc2c1. The number of urea groups is 1. The quantitative estimate of drug-likeness (QED) is 0.515. The lowest BCUT2D eigenvalue weighted by Gasteiger charge is -2.19. The van der Waals surface area contributed by atoms with Gasteiger partial charge >= 0.3 is 11.7 Å². The number of hydrogen-bond acceptors (Lipinski definition) is 5. The molecule has 142 valence electrons. The van der Waals surface area contributed by atoms with Crippen LogP contribution in [0.3, 0.4) is 0 Å². The number of amides is 3. The highest BCUT2D eigenvalue weighted by Gasteiger charge is 2.43. The summed E-state index contributed by atoms with van der Waals surface area (Å²) in [4.78, 5) is 40.3. The molecule has 7 heteroatoms. The van der Waals surface area contributed by atoms with Gasteiger partial charge in [0.05, 0.1) is 13.7 Å². The molecule has 0 spiro atoms. The van der Waals surface area contributed by atoms with Crippen molar-refractivity contribution in [2.75, 3.05) is 12.0 Å². The number of ether oxygens (including phenoxy) is 1. The van der Waals surface area contributed by atoms with Crippen LogP contribution < -0.4 is 15.3 Å². The van der Waals surface area contributed by atoms with Crippen molar-refractivity contribution in [2.45, 2.75) is 19.5 Å². The highest BCUT2D eigenvalue weighted by atomic mass is 16.5. The maximum Gasteiger partial charge on any atom is 0.336 e. The second kappa shape index (κ2) is 6.84. The lowest BCUT2D eigenvalue weighted by atomic mass is 10.1. The Morgan fingerprint density at radius 2 is 1.79 bits per heavy atom. The second-order valence-corrected chi connectivity index (χ2v) is 6.54. The number of carbonyl (C=O) groups is 2. The number of anilines is 1. The zero-order chi connectivity index (χ0) is 19.8. The first-order chi connectivity index (χ1) is 13.5. The summed E-state index contributed by atoms with van der Waals surface area (Å²) in [5.41, 5.74) is 0.979. The van der Waals surface area contributed by atoms with Gasteiger partial charge in [-0.05, 0) is 36.8 Å². The Bertz CT molecular complexity index is 1120. The number of imide groups is 1. The molecule has 3 amide bonds. The summed E-state index contributed by atoms with van der Waals surface area (Å²) >= 11 is 0. The number of benzene rings is 2. The van der Waals surface area contributed by atoms with Crippen LogP contribution in [0.1, 0.15) is 12.5 Å².